The first-order valence-corrected chi connectivity index (χ1v) is 7.35. The molecular weight excluding hydrogens is 328 g/mol. The van der Waals surface area contributed by atoms with Gasteiger partial charge in [0.15, 0.2) is 0 Å². The molecule has 0 aliphatic rings. The molecule has 0 N–H and O–H groups in total. The van der Waals surface area contributed by atoms with Gasteiger partial charge >= 0.3 is 0 Å². The van der Waals surface area contributed by atoms with Gasteiger partial charge < -0.3 is 9.15 Å². The Kier molecular flexibility index (Phi) is 4.58. The molecule has 2 nitrogen and oxygen atoms in total. The van der Waals surface area contributed by atoms with Gasteiger partial charge in [0.2, 0.25) is 0 Å². The van der Waals surface area contributed by atoms with Gasteiger partial charge in [-0.3, -0.25) is 0 Å². The molecule has 0 aliphatic heterocycles. The lowest BCUT2D eigenvalue weighted by atomic mass is 10.0. The number of methoxy groups -OCH3 is 1. The van der Waals surface area contributed by atoms with Crippen LogP contribution in [0.1, 0.15) is 34.8 Å². The molecule has 1 atom stereocenters. The SMILES string of the molecule is CCc1occc1C(Cl)c1cc(Br)c(C)cc1OC. The molecular formula is C15H16BrClO2. The van der Waals surface area contributed by atoms with E-state index in [1.807, 2.05) is 32.0 Å². The normalized spacial score (nSPS) is 12.5. The van der Waals surface area contributed by atoms with Crippen LogP contribution in [0.3, 0.4) is 0 Å². The highest BCUT2D eigenvalue weighted by atomic mass is 79.9. The number of hydrogen-bond donors (Lipinski definition) is 0. The van der Waals surface area contributed by atoms with E-state index < -0.39 is 0 Å². The van der Waals surface area contributed by atoms with Crippen molar-refractivity contribution in [1.82, 2.24) is 0 Å². The van der Waals surface area contributed by atoms with E-state index in [0.717, 1.165) is 39.1 Å². The number of halogens is 2. The number of furan rings is 1. The monoisotopic (exact) mass is 342 g/mol. The summed E-state index contributed by atoms with van der Waals surface area (Å²) >= 11 is 10.1. The molecule has 0 saturated heterocycles. The lowest BCUT2D eigenvalue weighted by Gasteiger charge is -2.16. The van der Waals surface area contributed by atoms with Gasteiger partial charge in [-0.1, -0.05) is 22.9 Å². The van der Waals surface area contributed by atoms with Crippen LogP contribution in [0.25, 0.3) is 0 Å². The topological polar surface area (TPSA) is 22.4 Å². The molecule has 2 aromatic rings. The lowest BCUT2D eigenvalue weighted by molar-refractivity contribution is 0.409. The van der Waals surface area contributed by atoms with Gasteiger partial charge in [-0.15, -0.1) is 11.6 Å². The standard InChI is InChI=1S/C15H16BrClO2/c1-4-13-10(5-6-19-13)15(17)11-8-12(16)9(2)7-14(11)18-3/h5-8,15H,4H2,1-3H3. The number of ether oxygens (including phenoxy) is 1. The Morgan fingerprint density at radius 2 is 2.11 bits per heavy atom. The maximum atomic E-state index is 6.60. The maximum absolute atomic E-state index is 6.60. The van der Waals surface area contributed by atoms with E-state index in [1.54, 1.807) is 13.4 Å². The van der Waals surface area contributed by atoms with Crippen molar-refractivity contribution in [2.24, 2.45) is 0 Å². The van der Waals surface area contributed by atoms with Crippen molar-refractivity contribution in [2.45, 2.75) is 25.6 Å². The first-order valence-electron chi connectivity index (χ1n) is 6.12. The summed E-state index contributed by atoms with van der Waals surface area (Å²) in [6.45, 7) is 4.07. The largest absolute Gasteiger partial charge is 0.496 e. The van der Waals surface area contributed by atoms with Crippen molar-refractivity contribution in [3.63, 3.8) is 0 Å². The van der Waals surface area contributed by atoms with Crippen molar-refractivity contribution in [1.29, 1.82) is 0 Å². The number of aryl methyl sites for hydroxylation is 2. The molecule has 0 spiro atoms. The fourth-order valence-electron chi connectivity index (χ4n) is 2.08. The molecule has 0 fully saturated rings. The van der Waals surface area contributed by atoms with Crippen LogP contribution >= 0.6 is 27.5 Å². The zero-order valence-electron chi connectivity index (χ0n) is 11.2. The zero-order chi connectivity index (χ0) is 14.0. The third-order valence-corrected chi connectivity index (χ3v) is 4.48. The predicted molar refractivity (Wildman–Crippen MR) is 81.2 cm³/mol. The molecule has 0 amide bonds. The fourth-order valence-corrected chi connectivity index (χ4v) is 2.80. The molecule has 0 radical (unpaired) electrons. The summed E-state index contributed by atoms with van der Waals surface area (Å²) in [5.74, 6) is 1.71. The Morgan fingerprint density at radius 1 is 1.37 bits per heavy atom. The molecule has 1 unspecified atom stereocenters. The smallest absolute Gasteiger partial charge is 0.124 e. The highest BCUT2D eigenvalue weighted by molar-refractivity contribution is 9.10. The van der Waals surface area contributed by atoms with E-state index in [-0.39, 0.29) is 5.38 Å². The molecule has 1 heterocycles. The van der Waals surface area contributed by atoms with E-state index in [9.17, 15) is 0 Å². The Labute approximate surface area is 126 Å². The Morgan fingerprint density at radius 3 is 2.74 bits per heavy atom. The molecule has 19 heavy (non-hydrogen) atoms. The molecule has 2 rings (SSSR count). The Bertz CT molecular complexity index is 578. The fraction of sp³-hybridized carbons (Fsp3) is 0.333. The quantitative estimate of drug-likeness (QED) is 0.707. The highest BCUT2D eigenvalue weighted by Gasteiger charge is 2.21. The summed E-state index contributed by atoms with van der Waals surface area (Å²) in [7, 11) is 1.66. The molecule has 1 aromatic heterocycles. The molecule has 102 valence electrons. The maximum Gasteiger partial charge on any atom is 0.124 e. The molecule has 1 aromatic carbocycles. The Hall–Kier alpha value is -0.930. The van der Waals surface area contributed by atoms with Crippen molar-refractivity contribution in [2.75, 3.05) is 7.11 Å². The summed E-state index contributed by atoms with van der Waals surface area (Å²) in [5.41, 5.74) is 3.06. The van der Waals surface area contributed by atoms with Crippen LogP contribution in [0.5, 0.6) is 5.75 Å². The number of hydrogen-bond acceptors (Lipinski definition) is 2. The summed E-state index contributed by atoms with van der Waals surface area (Å²) < 4.78 is 11.9. The van der Waals surface area contributed by atoms with Gasteiger partial charge in [0.05, 0.1) is 18.8 Å². The van der Waals surface area contributed by atoms with Gasteiger partial charge in [-0.25, -0.2) is 0 Å². The van der Waals surface area contributed by atoms with Gasteiger partial charge in [0, 0.05) is 22.0 Å². The Balaban J connectivity index is 2.49. The van der Waals surface area contributed by atoms with Crippen LogP contribution in [0.15, 0.2) is 33.4 Å². The molecule has 0 bridgehead atoms. The average Bonchev–Trinajstić information content (AvgIpc) is 2.88. The first-order chi connectivity index (χ1) is 9.08. The number of alkyl halides is 1. The van der Waals surface area contributed by atoms with E-state index >= 15 is 0 Å². The van der Waals surface area contributed by atoms with Gasteiger partial charge in [-0.2, -0.15) is 0 Å². The molecule has 0 saturated carbocycles. The third kappa shape index (κ3) is 2.82. The lowest BCUT2D eigenvalue weighted by Crippen LogP contribution is -2.00. The van der Waals surface area contributed by atoms with Gasteiger partial charge in [0.1, 0.15) is 11.5 Å². The van der Waals surface area contributed by atoms with Crippen molar-refractivity contribution >= 4 is 27.5 Å². The summed E-state index contributed by atoms with van der Waals surface area (Å²) in [6.07, 6.45) is 2.50. The van der Waals surface area contributed by atoms with E-state index in [2.05, 4.69) is 15.9 Å². The van der Waals surface area contributed by atoms with Crippen molar-refractivity contribution in [3.05, 3.63) is 51.4 Å². The minimum atomic E-state index is -0.277. The third-order valence-electron chi connectivity index (χ3n) is 3.16. The first kappa shape index (κ1) is 14.5. The second-order valence-electron chi connectivity index (χ2n) is 4.36. The average molecular weight is 344 g/mol. The van der Waals surface area contributed by atoms with Crippen molar-refractivity contribution < 1.29 is 9.15 Å². The second-order valence-corrected chi connectivity index (χ2v) is 5.65. The van der Waals surface area contributed by atoms with Crippen LogP contribution in [-0.2, 0) is 6.42 Å². The van der Waals surface area contributed by atoms with Crippen LogP contribution in [0.4, 0.5) is 0 Å². The second kappa shape index (κ2) is 6.02. The van der Waals surface area contributed by atoms with E-state index in [0.29, 0.717) is 0 Å². The van der Waals surface area contributed by atoms with Gasteiger partial charge in [-0.05, 0) is 30.7 Å². The minimum Gasteiger partial charge on any atom is -0.496 e. The van der Waals surface area contributed by atoms with E-state index in [4.69, 9.17) is 20.8 Å². The number of benzene rings is 1. The van der Waals surface area contributed by atoms with Crippen LogP contribution < -0.4 is 4.74 Å². The zero-order valence-corrected chi connectivity index (χ0v) is 13.5. The predicted octanol–water partition coefficient (Wildman–Crippen LogP) is 5.25. The number of rotatable bonds is 4. The summed E-state index contributed by atoms with van der Waals surface area (Å²) in [6, 6.07) is 5.92. The molecule has 4 heteroatoms. The minimum absolute atomic E-state index is 0.277. The van der Waals surface area contributed by atoms with Crippen LogP contribution in [0, 0.1) is 6.92 Å². The summed E-state index contributed by atoms with van der Waals surface area (Å²) in [4.78, 5) is 0. The van der Waals surface area contributed by atoms with E-state index in [1.165, 1.54) is 0 Å². The highest BCUT2D eigenvalue weighted by Crippen LogP contribution is 2.39. The van der Waals surface area contributed by atoms with Gasteiger partial charge in [0.25, 0.3) is 0 Å². The van der Waals surface area contributed by atoms with Crippen molar-refractivity contribution in [3.8, 4) is 5.75 Å². The molecule has 0 aliphatic carbocycles. The van der Waals surface area contributed by atoms with Crippen LogP contribution in [0.2, 0.25) is 0 Å². The summed E-state index contributed by atoms with van der Waals surface area (Å²) in [5, 5.41) is -0.277. The van der Waals surface area contributed by atoms with Crippen LogP contribution in [-0.4, -0.2) is 7.11 Å².